The number of hydrogen-bond acceptors (Lipinski definition) is 3. The van der Waals surface area contributed by atoms with Gasteiger partial charge in [-0.2, -0.15) is 0 Å². The van der Waals surface area contributed by atoms with Crippen LogP contribution in [0.2, 0.25) is 0 Å². The molecule has 15 heavy (non-hydrogen) atoms. The number of aromatic nitrogens is 1. The maximum absolute atomic E-state index is 5.66. The van der Waals surface area contributed by atoms with E-state index in [0.717, 1.165) is 21.3 Å². The van der Waals surface area contributed by atoms with Gasteiger partial charge in [0.15, 0.2) is 11.6 Å². The van der Waals surface area contributed by atoms with Crippen molar-refractivity contribution in [2.24, 2.45) is 0 Å². The largest absolute Gasteiger partial charge is 0.380 e. The smallest absolute Gasteiger partial charge is 0.182 e. The quantitative estimate of drug-likeness (QED) is 0.867. The maximum Gasteiger partial charge on any atom is 0.182 e. The number of hydrogen-bond donors (Lipinski definition) is 1. The van der Waals surface area contributed by atoms with Crippen molar-refractivity contribution in [3.63, 3.8) is 0 Å². The molecule has 0 spiro atoms. The van der Waals surface area contributed by atoms with Gasteiger partial charge >= 0.3 is 0 Å². The molecule has 3 nitrogen and oxygen atoms in total. The summed E-state index contributed by atoms with van der Waals surface area (Å²) in [6, 6.07) is 8.13. The Hall–Kier alpha value is -1.04. The molecule has 1 aromatic carbocycles. The molecule has 0 bridgehead atoms. The van der Waals surface area contributed by atoms with Crippen LogP contribution in [0.4, 0.5) is 5.82 Å². The topological polar surface area (TPSA) is 52.0 Å². The van der Waals surface area contributed by atoms with Crippen LogP contribution in [0.25, 0.3) is 11.3 Å². The Morgan fingerprint density at radius 1 is 1.40 bits per heavy atom. The number of benzene rings is 1. The van der Waals surface area contributed by atoms with Gasteiger partial charge in [0.05, 0.1) is 0 Å². The highest BCUT2D eigenvalue weighted by Gasteiger charge is 2.14. The van der Waals surface area contributed by atoms with Crippen LogP contribution in [0.1, 0.15) is 12.5 Å². The minimum atomic E-state index is 0.455. The molecule has 4 heteroatoms. The first-order valence-corrected chi connectivity index (χ1v) is 5.80. The maximum atomic E-state index is 5.66. The predicted molar refractivity (Wildman–Crippen MR) is 68.4 cm³/mol. The second-order valence-electron chi connectivity index (χ2n) is 3.22. The fourth-order valence-corrected chi connectivity index (χ4v) is 2.00. The van der Waals surface area contributed by atoms with Crippen molar-refractivity contribution in [1.82, 2.24) is 5.16 Å². The van der Waals surface area contributed by atoms with Crippen molar-refractivity contribution >= 4 is 28.4 Å². The lowest BCUT2D eigenvalue weighted by Crippen LogP contribution is -1.89. The van der Waals surface area contributed by atoms with Gasteiger partial charge in [0, 0.05) is 5.56 Å². The van der Waals surface area contributed by atoms with E-state index in [1.807, 2.05) is 18.2 Å². The van der Waals surface area contributed by atoms with Crippen molar-refractivity contribution in [2.75, 3.05) is 5.73 Å². The zero-order chi connectivity index (χ0) is 10.8. The van der Waals surface area contributed by atoms with E-state index in [4.69, 9.17) is 10.3 Å². The van der Waals surface area contributed by atoms with Gasteiger partial charge in [-0.1, -0.05) is 36.3 Å². The average Bonchev–Trinajstić information content (AvgIpc) is 2.60. The molecule has 0 aliphatic rings. The van der Waals surface area contributed by atoms with Gasteiger partial charge in [-0.05, 0) is 34.6 Å². The second kappa shape index (κ2) is 4.22. The van der Waals surface area contributed by atoms with Crippen LogP contribution in [0.3, 0.4) is 0 Å². The first-order valence-electron chi connectivity index (χ1n) is 4.73. The van der Waals surface area contributed by atoms with Crippen LogP contribution in [0.15, 0.2) is 28.8 Å². The number of nitrogens with two attached hydrogens (primary N) is 1. The van der Waals surface area contributed by atoms with E-state index in [2.05, 4.69) is 40.7 Å². The van der Waals surface area contributed by atoms with Crippen molar-refractivity contribution in [3.05, 3.63) is 33.4 Å². The highest BCUT2D eigenvalue weighted by Crippen LogP contribution is 2.31. The van der Waals surface area contributed by atoms with Gasteiger partial charge in [0.1, 0.15) is 3.57 Å². The summed E-state index contributed by atoms with van der Waals surface area (Å²) in [7, 11) is 0. The molecule has 0 fully saturated rings. The molecule has 2 rings (SSSR count). The van der Waals surface area contributed by atoms with E-state index in [-0.39, 0.29) is 0 Å². The highest BCUT2D eigenvalue weighted by molar-refractivity contribution is 14.1. The van der Waals surface area contributed by atoms with E-state index < -0.39 is 0 Å². The highest BCUT2D eigenvalue weighted by atomic mass is 127. The monoisotopic (exact) mass is 314 g/mol. The van der Waals surface area contributed by atoms with Crippen LogP contribution in [0.5, 0.6) is 0 Å². The van der Waals surface area contributed by atoms with Crippen LogP contribution in [-0.2, 0) is 6.42 Å². The Labute approximate surface area is 102 Å². The normalized spacial score (nSPS) is 10.5. The second-order valence-corrected chi connectivity index (χ2v) is 4.30. The molecule has 0 saturated heterocycles. The lowest BCUT2D eigenvalue weighted by molar-refractivity contribution is 0.435. The van der Waals surface area contributed by atoms with E-state index in [1.54, 1.807) is 0 Å². The molecule has 1 aromatic heterocycles. The molecular formula is C11H11IN2O. The lowest BCUT2D eigenvalue weighted by Gasteiger charge is -2.03. The van der Waals surface area contributed by atoms with Gasteiger partial charge in [-0.25, -0.2) is 0 Å². The van der Waals surface area contributed by atoms with Crippen LogP contribution in [0, 0.1) is 3.57 Å². The summed E-state index contributed by atoms with van der Waals surface area (Å²) in [5.74, 6) is 1.22. The van der Waals surface area contributed by atoms with Crippen molar-refractivity contribution < 1.29 is 4.52 Å². The molecule has 2 aromatic rings. The fourth-order valence-electron chi connectivity index (χ4n) is 1.51. The number of anilines is 1. The molecular weight excluding hydrogens is 303 g/mol. The third kappa shape index (κ3) is 1.86. The summed E-state index contributed by atoms with van der Waals surface area (Å²) in [6.45, 7) is 2.12. The van der Waals surface area contributed by atoms with Gasteiger partial charge in [0.25, 0.3) is 0 Å². The molecule has 0 aliphatic heterocycles. The molecule has 2 N–H and O–H groups in total. The molecule has 0 radical (unpaired) electrons. The summed E-state index contributed by atoms with van der Waals surface area (Å²) >= 11 is 2.16. The molecule has 0 saturated carbocycles. The number of halogens is 1. The van der Waals surface area contributed by atoms with Gasteiger partial charge in [-0.15, -0.1) is 0 Å². The lowest BCUT2D eigenvalue weighted by atomic mass is 10.0. The van der Waals surface area contributed by atoms with Crippen LogP contribution in [-0.4, -0.2) is 5.16 Å². The molecule has 1 heterocycles. The standard InChI is InChI=1S/C11H11IN2O/c1-2-7-5-3-4-6-8(7)10-9(12)11(13)14-15-10/h3-6H,2H2,1H3,(H2,13,14). The summed E-state index contributed by atoms with van der Waals surface area (Å²) in [5.41, 5.74) is 7.98. The molecule has 78 valence electrons. The predicted octanol–water partition coefficient (Wildman–Crippen LogP) is 3.09. The SMILES string of the molecule is CCc1ccccc1-c1onc(N)c1I. The number of nitrogen functional groups attached to an aromatic ring is 1. The Kier molecular flexibility index (Phi) is 2.95. The Morgan fingerprint density at radius 3 is 2.73 bits per heavy atom. The van der Waals surface area contributed by atoms with Crippen LogP contribution >= 0.6 is 22.6 Å². The van der Waals surface area contributed by atoms with E-state index in [1.165, 1.54) is 5.56 Å². The van der Waals surface area contributed by atoms with Gasteiger partial charge in [0.2, 0.25) is 0 Å². The Balaban J connectivity index is 2.58. The van der Waals surface area contributed by atoms with Crippen molar-refractivity contribution in [1.29, 1.82) is 0 Å². The first kappa shape index (κ1) is 10.5. The third-order valence-electron chi connectivity index (χ3n) is 2.30. The number of rotatable bonds is 2. The van der Waals surface area contributed by atoms with Crippen molar-refractivity contribution in [3.8, 4) is 11.3 Å². The summed E-state index contributed by atoms with van der Waals surface area (Å²) < 4.78 is 6.12. The van der Waals surface area contributed by atoms with Gasteiger partial charge in [-0.3, -0.25) is 0 Å². The minimum Gasteiger partial charge on any atom is -0.380 e. The Bertz CT molecular complexity index is 479. The number of aryl methyl sites for hydroxylation is 1. The van der Waals surface area contributed by atoms with E-state index >= 15 is 0 Å². The zero-order valence-electron chi connectivity index (χ0n) is 8.33. The first-order chi connectivity index (χ1) is 7.24. The Morgan fingerprint density at radius 2 is 2.13 bits per heavy atom. The third-order valence-corrected chi connectivity index (χ3v) is 3.34. The van der Waals surface area contributed by atoms with E-state index in [9.17, 15) is 0 Å². The van der Waals surface area contributed by atoms with Crippen molar-refractivity contribution in [2.45, 2.75) is 13.3 Å². The minimum absolute atomic E-state index is 0.455. The van der Waals surface area contributed by atoms with Crippen LogP contribution < -0.4 is 5.73 Å². The summed E-state index contributed by atoms with van der Waals surface area (Å²) in [6.07, 6.45) is 0.965. The number of nitrogens with zero attached hydrogens (tertiary/aromatic N) is 1. The average molecular weight is 314 g/mol. The van der Waals surface area contributed by atoms with Gasteiger partial charge < -0.3 is 10.3 Å². The zero-order valence-corrected chi connectivity index (χ0v) is 10.5. The molecule has 0 atom stereocenters. The molecule has 0 unspecified atom stereocenters. The fraction of sp³-hybridized carbons (Fsp3) is 0.182. The molecule has 0 amide bonds. The summed E-state index contributed by atoms with van der Waals surface area (Å²) in [5, 5.41) is 3.76. The summed E-state index contributed by atoms with van der Waals surface area (Å²) in [4.78, 5) is 0. The van der Waals surface area contributed by atoms with E-state index in [0.29, 0.717) is 5.82 Å². The molecule has 0 aliphatic carbocycles.